The molecule has 0 fully saturated rings. The molecule has 0 unspecified atom stereocenters. The second-order valence-electron chi connectivity index (χ2n) is 4.99. The second kappa shape index (κ2) is 7.41. The minimum Gasteiger partial charge on any atom is -0.316 e. The van der Waals surface area contributed by atoms with Gasteiger partial charge in [0.15, 0.2) is 0 Å². The molecule has 0 aliphatic heterocycles. The molecule has 1 aromatic carbocycles. The standard InChI is InChI=1S/C14H23ClN2O2S/c1-5-8-17(11(2)3)20(18,19)13-6-7-14(15)12(9-13)10-16-4/h6-7,9,11,16H,5,8,10H2,1-4H3. The average molecular weight is 319 g/mol. The highest BCUT2D eigenvalue weighted by molar-refractivity contribution is 7.89. The number of hydrogen-bond donors (Lipinski definition) is 1. The van der Waals surface area contributed by atoms with E-state index < -0.39 is 10.0 Å². The van der Waals surface area contributed by atoms with Crippen LogP contribution in [0.15, 0.2) is 23.1 Å². The molecule has 0 saturated heterocycles. The molecular formula is C14H23ClN2O2S. The first kappa shape index (κ1) is 17.4. The van der Waals surface area contributed by atoms with Gasteiger partial charge in [-0.15, -0.1) is 0 Å². The molecule has 0 aliphatic rings. The largest absolute Gasteiger partial charge is 0.316 e. The summed E-state index contributed by atoms with van der Waals surface area (Å²) >= 11 is 6.08. The van der Waals surface area contributed by atoms with Crippen molar-refractivity contribution in [1.82, 2.24) is 9.62 Å². The summed E-state index contributed by atoms with van der Waals surface area (Å²) in [7, 11) is -1.67. The Hall–Kier alpha value is -0.620. The van der Waals surface area contributed by atoms with E-state index >= 15 is 0 Å². The zero-order chi connectivity index (χ0) is 15.3. The van der Waals surface area contributed by atoms with E-state index in [1.54, 1.807) is 25.2 Å². The van der Waals surface area contributed by atoms with Gasteiger partial charge in [-0.3, -0.25) is 0 Å². The number of nitrogens with zero attached hydrogens (tertiary/aromatic N) is 1. The SMILES string of the molecule is CCCN(C(C)C)S(=O)(=O)c1ccc(Cl)c(CNC)c1. The molecule has 1 N–H and O–H groups in total. The Morgan fingerprint density at radius 1 is 1.35 bits per heavy atom. The molecule has 1 rings (SSSR count). The van der Waals surface area contributed by atoms with E-state index in [1.807, 2.05) is 20.8 Å². The quantitative estimate of drug-likeness (QED) is 0.841. The van der Waals surface area contributed by atoms with Gasteiger partial charge in [0.05, 0.1) is 4.90 Å². The van der Waals surface area contributed by atoms with Crippen molar-refractivity contribution in [3.8, 4) is 0 Å². The van der Waals surface area contributed by atoms with Crippen LogP contribution in [0.2, 0.25) is 5.02 Å². The molecule has 114 valence electrons. The number of sulfonamides is 1. The number of benzene rings is 1. The van der Waals surface area contributed by atoms with E-state index in [0.29, 0.717) is 23.0 Å². The maximum absolute atomic E-state index is 12.7. The zero-order valence-corrected chi connectivity index (χ0v) is 14.1. The summed E-state index contributed by atoms with van der Waals surface area (Å²) in [6, 6.07) is 4.80. The average Bonchev–Trinajstić information content (AvgIpc) is 2.38. The topological polar surface area (TPSA) is 49.4 Å². The van der Waals surface area contributed by atoms with Crippen molar-refractivity contribution >= 4 is 21.6 Å². The lowest BCUT2D eigenvalue weighted by molar-refractivity contribution is 0.354. The van der Waals surface area contributed by atoms with Crippen molar-refractivity contribution in [2.24, 2.45) is 0 Å². The van der Waals surface area contributed by atoms with Crippen LogP contribution in [0.3, 0.4) is 0 Å². The van der Waals surface area contributed by atoms with Crippen LogP contribution >= 0.6 is 11.6 Å². The third-order valence-corrected chi connectivity index (χ3v) is 5.45. The van der Waals surface area contributed by atoms with Crippen LogP contribution in [-0.2, 0) is 16.6 Å². The minimum absolute atomic E-state index is 0.0663. The molecule has 0 atom stereocenters. The molecule has 20 heavy (non-hydrogen) atoms. The van der Waals surface area contributed by atoms with Crippen LogP contribution in [0.4, 0.5) is 0 Å². The van der Waals surface area contributed by atoms with Crippen molar-refractivity contribution in [1.29, 1.82) is 0 Å². The van der Waals surface area contributed by atoms with Crippen LogP contribution in [0, 0.1) is 0 Å². The molecule has 1 aromatic rings. The van der Waals surface area contributed by atoms with Gasteiger partial charge in [-0.2, -0.15) is 4.31 Å². The highest BCUT2D eigenvalue weighted by Crippen LogP contribution is 2.24. The van der Waals surface area contributed by atoms with Gasteiger partial charge in [-0.25, -0.2) is 8.42 Å². The van der Waals surface area contributed by atoms with Gasteiger partial charge < -0.3 is 5.32 Å². The molecule has 0 bridgehead atoms. The summed E-state index contributed by atoms with van der Waals surface area (Å²) < 4.78 is 26.9. The van der Waals surface area contributed by atoms with Gasteiger partial charge in [-0.05, 0) is 51.1 Å². The summed E-state index contributed by atoms with van der Waals surface area (Å²) in [4.78, 5) is 0.300. The third kappa shape index (κ3) is 3.95. The molecule has 0 heterocycles. The highest BCUT2D eigenvalue weighted by atomic mass is 35.5. The molecule has 0 amide bonds. The fourth-order valence-electron chi connectivity index (χ4n) is 2.05. The first-order valence-electron chi connectivity index (χ1n) is 6.79. The van der Waals surface area contributed by atoms with Gasteiger partial charge >= 0.3 is 0 Å². The number of rotatable bonds is 7. The van der Waals surface area contributed by atoms with E-state index in [0.717, 1.165) is 12.0 Å². The Morgan fingerprint density at radius 2 is 2.00 bits per heavy atom. The summed E-state index contributed by atoms with van der Waals surface area (Å²) in [5, 5.41) is 3.56. The Morgan fingerprint density at radius 3 is 2.50 bits per heavy atom. The number of nitrogens with one attached hydrogen (secondary N) is 1. The molecule has 0 saturated carbocycles. The molecule has 0 radical (unpaired) electrons. The summed E-state index contributed by atoms with van der Waals surface area (Å²) in [6.07, 6.45) is 0.786. The third-order valence-electron chi connectivity index (χ3n) is 3.01. The maximum Gasteiger partial charge on any atom is 0.243 e. The Labute approximate surface area is 127 Å². The molecule has 0 aromatic heterocycles. The van der Waals surface area contributed by atoms with Gasteiger partial charge in [-0.1, -0.05) is 18.5 Å². The fraction of sp³-hybridized carbons (Fsp3) is 0.571. The Kier molecular flexibility index (Phi) is 6.45. The van der Waals surface area contributed by atoms with Crippen molar-refractivity contribution in [3.63, 3.8) is 0 Å². The van der Waals surface area contributed by atoms with Gasteiger partial charge in [0, 0.05) is 24.2 Å². The van der Waals surface area contributed by atoms with E-state index in [9.17, 15) is 8.42 Å². The molecule has 0 spiro atoms. The lowest BCUT2D eigenvalue weighted by atomic mass is 10.2. The Bertz CT molecular complexity index is 544. The van der Waals surface area contributed by atoms with Gasteiger partial charge in [0.2, 0.25) is 10.0 Å². The van der Waals surface area contributed by atoms with Crippen LogP contribution < -0.4 is 5.32 Å². The van der Waals surface area contributed by atoms with E-state index in [-0.39, 0.29) is 6.04 Å². The summed E-state index contributed by atoms with van der Waals surface area (Å²) in [5.74, 6) is 0. The van der Waals surface area contributed by atoms with E-state index in [2.05, 4.69) is 5.32 Å². The van der Waals surface area contributed by atoms with E-state index in [4.69, 9.17) is 11.6 Å². The van der Waals surface area contributed by atoms with Crippen LogP contribution in [0.25, 0.3) is 0 Å². The monoisotopic (exact) mass is 318 g/mol. The van der Waals surface area contributed by atoms with Crippen molar-refractivity contribution in [2.75, 3.05) is 13.6 Å². The predicted octanol–water partition coefficient (Wildman–Crippen LogP) is 2.87. The van der Waals surface area contributed by atoms with Gasteiger partial charge in [0.1, 0.15) is 0 Å². The van der Waals surface area contributed by atoms with Crippen LogP contribution in [0.1, 0.15) is 32.8 Å². The van der Waals surface area contributed by atoms with Crippen LogP contribution in [-0.4, -0.2) is 32.4 Å². The molecule has 4 nitrogen and oxygen atoms in total. The maximum atomic E-state index is 12.7. The zero-order valence-electron chi connectivity index (χ0n) is 12.5. The highest BCUT2D eigenvalue weighted by Gasteiger charge is 2.26. The smallest absolute Gasteiger partial charge is 0.243 e. The first-order valence-corrected chi connectivity index (χ1v) is 8.61. The van der Waals surface area contributed by atoms with Crippen LogP contribution in [0.5, 0.6) is 0 Å². The first-order chi connectivity index (χ1) is 9.34. The van der Waals surface area contributed by atoms with E-state index in [1.165, 1.54) is 4.31 Å². The molecule has 6 heteroatoms. The van der Waals surface area contributed by atoms with Crippen molar-refractivity contribution in [2.45, 2.75) is 44.7 Å². The Balaban J connectivity index is 3.23. The lowest BCUT2D eigenvalue weighted by Crippen LogP contribution is -2.37. The number of halogens is 1. The fourth-order valence-corrected chi connectivity index (χ4v) is 4.01. The van der Waals surface area contributed by atoms with Gasteiger partial charge in [0.25, 0.3) is 0 Å². The minimum atomic E-state index is -3.47. The lowest BCUT2D eigenvalue weighted by Gasteiger charge is -2.25. The molecular weight excluding hydrogens is 296 g/mol. The number of hydrogen-bond acceptors (Lipinski definition) is 3. The van der Waals surface area contributed by atoms with Crippen molar-refractivity contribution < 1.29 is 8.42 Å². The molecule has 0 aliphatic carbocycles. The predicted molar refractivity (Wildman–Crippen MR) is 83.5 cm³/mol. The van der Waals surface area contributed by atoms with Crippen molar-refractivity contribution in [3.05, 3.63) is 28.8 Å². The normalized spacial score (nSPS) is 12.3. The summed E-state index contributed by atoms with van der Waals surface area (Å²) in [5.41, 5.74) is 0.787. The summed E-state index contributed by atoms with van der Waals surface area (Å²) in [6.45, 7) is 6.80. The second-order valence-corrected chi connectivity index (χ2v) is 7.29.